The quantitative estimate of drug-likeness (QED) is 0.714. The number of benzene rings is 1. The van der Waals surface area contributed by atoms with Crippen LogP contribution in [0.4, 0.5) is 0 Å². The molecule has 0 fully saturated rings. The number of hydrogen-bond donors (Lipinski definition) is 2. The molecule has 3 rings (SSSR count). The zero-order chi connectivity index (χ0) is 16.8. The van der Waals surface area contributed by atoms with Crippen LogP contribution in [0.1, 0.15) is 27.8 Å². The highest BCUT2D eigenvalue weighted by Gasteiger charge is 2.13. The molecule has 0 bridgehead atoms. The van der Waals surface area contributed by atoms with Gasteiger partial charge in [-0.2, -0.15) is 0 Å². The Bertz CT molecular complexity index is 789. The van der Waals surface area contributed by atoms with E-state index in [1.54, 1.807) is 6.20 Å². The summed E-state index contributed by atoms with van der Waals surface area (Å²) in [6.45, 7) is 0.545. The van der Waals surface area contributed by atoms with Gasteiger partial charge in [-0.1, -0.05) is 41.6 Å². The van der Waals surface area contributed by atoms with Gasteiger partial charge in [0.2, 0.25) is 0 Å². The van der Waals surface area contributed by atoms with Gasteiger partial charge in [0, 0.05) is 6.20 Å². The van der Waals surface area contributed by atoms with Gasteiger partial charge in [-0.25, -0.2) is 4.68 Å². The highest BCUT2D eigenvalue weighted by Crippen LogP contribution is 2.13. The molecule has 1 amide bonds. The average Bonchev–Trinajstić information content (AvgIpc) is 3.10. The maximum Gasteiger partial charge on any atom is 0.273 e. The number of nitrogens with zero attached hydrogens (tertiary/aromatic N) is 4. The van der Waals surface area contributed by atoms with Crippen molar-refractivity contribution in [1.29, 1.82) is 0 Å². The van der Waals surface area contributed by atoms with Gasteiger partial charge in [0.05, 0.1) is 31.1 Å². The van der Waals surface area contributed by atoms with Crippen molar-refractivity contribution in [1.82, 2.24) is 25.3 Å². The molecule has 7 nitrogen and oxygen atoms in total. The second kappa shape index (κ2) is 7.47. The van der Waals surface area contributed by atoms with Gasteiger partial charge < -0.3 is 10.4 Å². The third-order valence-electron chi connectivity index (χ3n) is 3.47. The van der Waals surface area contributed by atoms with E-state index in [0.29, 0.717) is 6.54 Å². The summed E-state index contributed by atoms with van der Waals surface area (Å²) in [7, 11) is 0. The van der Waals surface area contributed by atoms with Gasteiger partial charge in [0.25, 0.3) is 5.91 Å². The van der Waals surface area contributed by atoms with Crippen molar-refractivity contribution in [3.63, 3.8) is 0 Å². The summed E-state index contributed by atoms with van der Waals surface area (Å²) in [6, 6.07) is 14.8. The minimum absolute atomic E-state index is 0.200. The van der Waals surface area contributed by atoms with E-state index in [4.69, 9.17) is 0 Å². The van der Waals surface area contributed by atoms with E-state index >= 15 is 0 Å². The Labute approximate surface area is 139 Å². The Kier molecular flexibility index (Phi) is 4.93. The number of rotatable bonds is 6. The fourth-order valence-corrected chi connectivity index (χ4v) is 2.21. The molecule has 7 heteroatoms. The van der Waals surface area contributed by atoms with Crippen LogP contribution >= 0.6 is 0 Å². The van der Waals surface area contributed by atoms with Crippen molar-refractivity contribution in [2.45, 2.75) is 19.2 Å². The molecule has 1 aromatic carbocycles. The number of carbonyl (C=O) groups is 1. The molecule has 0 aliphatic rings. The maximum atomic E-state index is 12.1. The number of aliphatic hydroxyl groups excluding tert-OH is 1. The molecule has 0 aliphatic carbocycles. The van der Waals surface area contributed by atoms with Gasteiger partial charge in [0.15, 0.2) is 5.69 Å². The van der Waals surface area contributed by atoms with Crippen molar-refractivity contribution in [3.8, 4) is 0 Å². The lowest BCUT2D eigenvalue weighted by molar-refractivity contribution is 0.0945. The Morgan fingerprint density at radius 1 is 1.17 bits per heavy atom. The van der Waals surface area contributed by atoms with Gasteiger partial charge >= 0.3 is 0 Å². The molecule has 0 saturated heterocycles. The van der Waals surface area contributed by atoms with Crippen molar-refractivity contribution in [2.75, 3.05) is 0 Å². The van der Waals surface area contributed by atoms with Crippen molar-refractivity contribution >= 4 is 5.91 Å². The van der Waals surface area contributed by atoms with E-state index in [9.17, 15) is 9.90 Å². The van der Waals surface area contributed by atoms with Crippen molar-refractivity contribution < 1.29 is 9.90 Å². The molecule has 3 aromatic rings. The fourth-order valence-electron chi connectivity index (χ4n) is 2.21. The van der Waals surface area contributed by atoms with Crippen LogP contribution in [-0.2, 0) is 13.1 Å². The van der Waals surface area contributed by atoms with Crippen LogP contribution in [0, 0.1) is 0 Å². The lowest BCUT2D eigenvalue weighted by atomic mass is 10.1. The molecule has 0 radical (unpaired) electrons. The van der Waals surface area contributed by atoms with Crippen LogP contribution in [0.5, 0.6) is 0 Å². The van der Waals surface area contributed by atoms with Crippen LogP contribution < -0.4 is 5.32 Å². The molecule has 122 valence electrons. The number of aliphatic hydroxyl groups is 1. The SMILES string of the molecule is O=C(NCc1ccccn1)c1cn(C[C@@H](O)c2ccccc2)nn1. The van der Waals surface area contributed by atoms with Crippen LogP contribution in [0.15, 0.2) is 60.9 Å². The lowest BCUT2D eigenvalue weighted by Gasteiger charge is -2.09. The Morgan fingerprint density at radius 3 is 2.71 bits per heavy atom. The molecule has 0 spiro atoms. The summed E-state index contributed by atoms with van der Waals surface area (Å²) in [5.74, 6) is -0.332. The number of nitrogens with one attached hydrogen (secondary N) is 1. The molecule has 24 heavy (non-hydrogen) atoms. The average molecular weight is 323 g/mol. The van der Waals surface area contributed by atoms with Gasteiger partial charge in [-0.05, 0) is 17.7 Å². The van der Waals surface area contributed by atoms with Crippen molar-refractivity contribution in [2.24, 2.45) is 0 Å². The summed E-state index contributed by atoms with van der Waals surface area (Å²) in [5.41, 5.74) is 1.75. The molecule has 0 aliphatic heterocycles. The minimum Gasteiger partial charge on any atom is -0.386 e. The first-order valence-corrected chi connectivity index (χ1v) is 7.53. The van der Waals surface area contributed by atoms with E-state index in [1.165, 1.54) is 10.9 Å². The fraction of sp³-hybridized carbons (Fsp3) is 0.176. The first kappa shape index (κ1) is 15.8. The summed E-state index contributed by atoms with van der Waals surface area (Å²) in [5, 5.41) is 20.6. The van der Waals surface area contributed by atoms with Gasteiger partial charge in [-0.3, -0.25) is 9.78 Å². The van der Waals surface area contributed by atoms with E-state index in [0.717, 1.165) is 11.3 Å². The summed E-state index contributed by atoms with van der Waals surface area (Å²) in [6.07, 6.45) is 2.47. The first-order chi connectivity index (χ1) is 11.7. The topological polar surface area (TPSA) is 92.9 Å². The van der Waals surface area contributed by atoms with Crippen LogP contribution in [0.2, 0.25) is 0 Å². The molecular formula is C17H17N5O2. The number of amides is 1. The minimum atomic E-state index is -0.711. The Morgan fingerprint density at radius 2 is 1.96 bits per heavy atom. The molecule has 2 aromatic heterocycles. The summed E-state index contributed by atoms with van der Waals surface area (Å²) < 4.78 is 1.45. The Hall–Kier alpha value is -3.06. The van der Waals surface area contributed by atoms with Crippen LogP contribution in [0.25, 0.3) is 0 Å². The molecule has 1 atom stereocenters. The zero-order valence-corrected chi connectivity index (χ0v) is 12.9. The molecule has 2 heterocycles. The van der Waals surface area contributed by atoms with Gasteiger partial charge in [0.1, 0.15) is 0 Å². The van der Waals surface area contributed by atoms with Gasteiger partial charge in [-0.15, -0.1) is 5.10 Å². The monoisotopic (exact) mass is 323 g/mol. The third-order valence-corrected chi connectivity index (χ3v) is 3.47. The molecule has 0 saturated carbocycles. The lowest BCUT2D eigenvalue weighted by Crippen LogP contribution is -2.23. The number of hydrogen-bond acceptors (Lipinski definition) is 5. The molecular weight excluding hydrogens is 306 g/mol. The molecule has 0 unspecified atom stereocenters. The van der Waals surface area contributed by atoms with E-state index < -0.39 is 6.10 Å². The highest BCUT2D eigenvalue weighted by atomic mass is 16.3. The normalized spacial score (nSPS) is 11.9. The van der Waals surface area contributed by atoms with Crippen LogP contribution in [-0.4, -0.2) is 31.0 Å². The standard InChI is InChI=1S/C17H17N5O2/c23-16(13-6-2-1-3-7-13)12-22-11-15(20-21-22)17(24)19-10-14-8-4-5-9-18-14/h1-9,11,16,23H,10,12H2,(H,19,24)/t16-/m1/s1. The smallest absolute Gasteiger partial charge is 0.273 e. The first-order valence-electron chi connectivity index (χ1n) is 7.53. The Balaban J connectivity index is 1.57. The zero-order valence-electron chi connectivity index (χ0n) is 12.9. The van der Waals surface area contributed by atoms with E-state index in [1.807, 2.05) is 48.5 Å². The van der Waals surface area contributed by atoms with E-state index in [2.05, 4.69) is 20.6 Å². The number of aromatic nitrogens is 4. The summed E-state index contributed by atoms with van der Waals surface area (Å²) in [4.78, 5) is 16.2. The predicted molar refractivity (Wildman–Crippen MR) is 86.8 cm³/mol. The second-order valence-electron chi connectivity index (χ2n) is 5.26. The maximum absolute atomic E-state index is 12.1. The second-order valence-corrected chi connectivity index (χ2v) is 5.26. The summed E-state index contributed by atoms with van der Waals surface area (Å²) >= 11 is 0. The number of carbonyl (C=O) groups excluding carboxylic acids is 1. The number of pyridine rings is 1. The van der Waals surface area contributed by atoms with E-state index in [-0.39, 0.29) is 18.1 Å². The van der Waals surface area contributed by atoms with Crippen molar-refractivity contribution in [3.05, 3.63) is 77.9 Å². The predicted octanol–water partition coefficient (Wildman–Crippen LogP) is 1.34. The largest absolute Gasteiger partial charge is 0.386 e. The highest BCUT2D eigenvalue weighted by molar-refractivity contribution is 5.91. The third kappa shape index (κ3) is 4.02. The molecule has 2 N–H and O–H groups in total. The van der Waals surface area contributed by atoms with Crippen LogP contribution in [0.3, 0.4) is 0 Å².